The number of hydrogen-bond donors (Lipinski definition) is 4. The first-order valence-corrected chi connectivity index (χ1v) is 22.5. The van der Waals surface area contributed by atoms with Crippen molar-refractivity contribution in [3.63, 3.8) is 0 Å². The van der Waals surface area contributed by atoms with Crippen LogP contribution in [0.3, 0.4) is 0 Å². The summed E-state index contributed by atoms with van der Waals surface area (Å²) < 4.78 is 21.4. The van der Waals surface area contributed by atoms with Crippen molar-refractivity contribution in [3.8, 4) is 30.0 Å². The molecule has 1 atom stereocenters. The Kier molecular flexibility index (Phi) is 31.4. The molecule has 0 radical (unpaired) electrons. The quantitative estimate of drug-likeness (QED) is 0.0964. The Balaban J connectivity index is 0. The van der Waals surface area contributed by atoms with Crippen LogP contribution in [0.15, 0.2) is 29.0 Å². The summed E-state index contributed by atoms with van der Waals surface area (Å²) in [5.41, 5.74) is 13.8. The molecule has 1 fully saturated rings. The standard InChI is InChI=1S/C33H39FN6OS.C4H10.2C3H8.C2H6O.C2H6.C2H2/c1-6-7-8-27(40-12-11-18(2)15-40)39-33(38-14-19(3)36)29-21(5)20(4)28(24-16-41-17-25(24)29)22-9-10-26(34)31-30(22)23(13-35)32(37)42-31;1-3-4-2;2*1-3-2;1-2-3;2*1-2/h8-10,18,36H,6-7,11-12,14-17,37H2,1-5H3,(H,38,39);3-4H2,1-2H3;2*3H2,1-2H3;3H,2H2,1H3;1-2H3;1-2H/b27-8-,36-19?;;;;;;. The number of halogens is 1. The van der Waals surface area contributed by atoms with Crippen LogP contribution in [-0.2, 0) is 18.0 Å². The smallest absolute Gasteiger partial charge is 0.141 e. The van der Waals surface area contributed by atoms with Gasteiger partial charge in [-0.25, -0.2) is 4.39 Å². The molecule has 330 valence electrons. The van der Waals surface area contributed by atoms with E-state index in [0.717, 1.165) is 94.3 Å². The molecule has 59 heavy (non-hydrogen) atoms. The molecule has 1 unspecified atom stereocenters. The van der Waals surface area contributed by atoms with Crippen molar-refractivity contribution in [2.45, 2.75) is 155 Å². The Morgan fingerprint density at radius 3 is 2.08 bits per heavy atom. The highest BCUT2D eigenvalue weighted by Crippen LogP contribution is 2.46. The second-order valence-corrected chi connectivity index (χ2v) is 15.3. The van der Waals surface area contributed by atoms with Crippen LogP contribution < -0.4 is 11.1 Å². The maximum atomic E-state index is 14.9. The number of nitriles is 1. The lowest BCUT2D eigenvalue weighted by molar-refractivity contribution is 0.134. The molecule has 0 spiro atoms. The predicted octanol–water partition coefficient (Wildman–Crippen LogP) is 13.1. The Hall–Kier alpha value is -4.22. The third-order valence-corrected chi connectivity index (χ3v) is 9.85. The molecular formula is C49H79FN6O2S. The summed E-state index contributed by atoms with van der Waals surface area (Å²) in [7, 11) is 0. The van der Waals surface area contributed by atoms with Crippen LogP contribution in [0.5, 0.6) is 0 Å². The lowest BCUT2D eigenvalue weighted by Crippen LogP contribution is -2.36. The van der Waals surface area contributed by atoms with E-state index in [1.54, 1.807) is 19.9 Å². The number of unbranched alkanes of at least 4 members (excludes halogenated alkanes) is 2. The zero-order chi connectivity index (χ0) is 45.7. The molecule has 5 N–H and O–H groups in total. The van der Waals surface area contributed by atoms with Gasteiger partial charge in [0, 0.05) is 36.4 Å². The van der Waals surface area contributed by atoms with E-state index in [4.69, 9.17) is 26.0 Å². The summed E-state index contributed by atoms with van der Waals surface area (Å²) in [5, 5.41) is 30.2. The fourth-order valence-electron chi connectivity index (χ4n) is 6.09. The summed E-state index contributed by atoms with van der Waals surface area (Å²) in [6.45, 7) is 32.3. The number of nitrogens with zero attached hydrogens (tertiary/aromatic N) is 3. The molecule has 10 heteroatoms. The van der Waals surface area contributed by atoms with Crippen LogP contribution in [0.25, 0.3) is 21.2 Å². The molecule has 1 aromatic heterocycles. The number of thiophene rings is 1. The highest BCUT2D eigenvalue weighted by Gasteiger charge is 2.30. The number of nitrogens with one attached hydrogen (secondary N) is 2. The monoisotopic (exact) mass is 835 g/mol. The molecule has 3 aromatic rings. The van der Waals surface area contributed by atoms with Crippen molar-refractivity contribution in [1.29, 1.82) is 10.7 Å². The molecule has 2 aliphatic rings. The number of rotatable bonds is 9. The fourth-order valence-corrected chi connectivity index (χ4v) is 7.04. The number of amidine groups is 1. The van der Waals surface area contributed by atoms with Crippen molar-refractivity contribution in [3.05, 3.63) is 63.2 Å². The van der Waals surface area contributed by atoms with E-state index in [1.807, 2.05) is 13.8 Å². The zero-order valence-corrected chi connectivity index (χ0v) is 40.0. The van der Waals surface area contributed by atoms with Crippen molar-refractivity contribution < 1.29 is 14.2 Å². The largest absolute Gasteiger partial charge is 0.397 e. The van der Waals surface area contributed by atoms with Crippen molar-refractivity contribution in [2.24, 2.45) is 10.9 Å². The van der Waals surface area contributed by atoms with Gasteiger partial charge in [0.05, 0.1) is 30.0 Å². The average molecular weight is 835 g/mol. The second-order valence-electron chi connectivity index (χ2n) is 14.2. The molecule has 8 nitrogen and oxygen atoms in total. The Morgan fingerprint density at radius 1 is 1.05 bits per heavy atom. The van der Waals surface area contributed by atoms with Gasteiger partial charge in [-0.3, -0.25) is 4.99 Å². The van der Waals surface area contributed by atoms with E-state index < -0.39 is 0 Å². The number of benzene rings is 2. The van der Waals surface area contributed by atoms with E-state index in [1.165, 1.54) is 31.7 Å². The number of allylic oxidation sites excluding steroid dienone is 1. The summed E-state index contributed by atoms with van der Waals surface area (Å²) in [6.07, 6.45) is 18.5. The first kappa shape index (κ1) is 56.9. The van der Waals surface area contributed by atoms with Crippen LogP contribution in [0.4, 0.5) is 9.39 Å². The molecule has 0 aliphatic carbocycles. The zero-order valence-electron chi connectivity index (χ0n) is 39.2. The number of likely N-dealkylation sites (tertiary alicyclic amines) is 1. The van der Waals surface area contributed by atoms with Gasteiger partial charge in [-0.05, 0) is 92.0 Å². The van der Waals surface area contributed by atoms with Crippen LogP contribution in [0.2, 0.25) is 0 Å². The molecule has 1 saturated heterocycles. The molecular weight excluding hydrogens is 756 g/mol. The van der Waals surface area contributed by atoms with Gasteiger partial charge in [-0.15, -0.1) is 24.2 Å². The normalized spacial score (nSPS) is 13.8. The number of fused-ring (bicyclic) bond motifs is 2. The number of aliphatic hydroxyl groups is 1. The van der Waals surface area contributed by atoms with Gasteiger partial charge in [0.25, 0.3) is 0 Å². The third-order valence-electron chi connectivity index (χ3n) is 8.82. The van der Waals surface area contributed by atoms with Crippen molar-refractivity contribution in [2.75, 3.05) is 32.0 Å². The molecule has 2 aromatic carbocycles. The first-order valence-electron chi connectivity index (χ1n) is 21.7. The number of aliphatic imine (C=N–C) groups is 1. The number of anilines is 1. The minimum Gasteiger partial charge on any atom is -0.397 e. The van der Waals surface area contributed by atoms with Gasteiger partial charge in [0.1, 0.15) is 28.5 Å². The number of nitrogen functional groups attached to an aromatic ring is 1. The van der Waals surface area contributed by atoms with Crippen molar-refractivity contribution in [1.82, 2.24) is 10.2 Å². The molecule has 3 heterocycles. The minimum absolute atomic E-state index is 0.250. The third kappa shape index (κ3) is 17.1. The van der Waals surface area contributed by atoms with Gasteiger partial charge < -0.3 is 31.2 Å². The van der Waals surface area contributed by atoms with E-state index in [-0.39, 0.29) is 19.0 Å². The van der Waals surface area contributed by atoms with Crippen LogP contribution in [-0.4, -0.2) is 47.8 Å². The highest BCUT2D eigenvalue weighted by atomic mass is 32.1. The van der Waals surface area contributed by atoms with Gasteiger partial charge in [0.15, 0.2) is 0 Å². The second kappa shape index (κ2) is 32.6. The first-order chi connectivity index (χ1) is 28.3. The summed E-state index contributed by atoms with van der Waals surface area (Å²) >= 11 is 1.11. The van der Waals surface area contributed by atoms with Crippen molar-refractivity contribution >= 4 is 38.0 Å². The van der Waals surface area contributed by atoms with Gasteiger partial charge >= 0.3 is 0 Å². The summed E-state index contributed by atoms with van der Waals surface area (Å²) in [4.78, 5) is 7.36. The number of hydrogen-bond acceptors (Lipinski definition) is 8. The molecule has 0 amide bonds. The summed E-state index contributed by atoms with van der Waals surface area (Å²) in [5.74, 6) is 2.04. The maximum Gasteiger partial charge on any atom is 0.141 e. The molecule has 5 rings (SSSR count). The highest BCUT2D eigenvalue weighted by molar-refractivity contribution is 7.23. The Bertz CT molecular complexity index is 1800. The SMILES string of the molecule is C#C.CC.CCC.CCC.CCC/C=C(/NC(=NCC(C)=N)c1c(C)c(C)c(-c2ccc(F)c3sc(N)c(C#N)c23)c2c1COC2)N1CCC(C)C1.CCCC.CCO. The lowest BCUT2D eigenvalue weighted by Gasteiger charge is -2.27. The molecule has 0 saturated carbocycles. The maximum absolute atomic E-state index is 14.9. The minimum atomic E-state index is -0.380. The number of terminal acetylenes is 1. The molecule has 0 bridgehead atoms. The van der Waals surface area contributed by atoms with E-state index >= 15 is 0 Å². The van der Waals surface area contributed by atoms with Gasteiger partial charge in [-0.2, -0.15) is 5.26 Å². The van der Waals surface area contributed by atoms with E-state index in [9.17, 15) is 9.65 Å². The van der Waals surface area contributed by atoms with Gasteiger partial charge in [-0.1, -0.05) is 107 Å². The Labute approximate surface area is 363 Å². The van der Waals surface area contributed by atoms with Crippen LogP contribution in [0, 0.1) is 55.2 Å². The number of aliphatic hydroxyl groups excluding tert-OH is 1. The topological polar surface area (TPSA) is 131 Å². The number of ether oxygens (including phenoxy) is 1. The van der Waals surface area contributed by atoms with Gasteiger partial charge in [0.2, 0.25) is 0 Å². The Morgan fingerprint density at radius 2 is 1.61 bits per heavy atom. The fraction of sp³-hybridized carbons (Fsp3) is 0.571. The lowest BCUT2D eigenvalue weighted by atomic mass is 9.84. The predicted molar refractivity (Wildman–Crippen MR) is 257 cm³/mol. The average Bonchev–Trinajstić information content (AvgIpc) is 3.97. The number of nitrogens with two attached hydrogens (primary N) is 1. The van der Waals surface area contributed by atoms with Crippen LogP contribution in [0.1, 0.15) is 161 Å². The van der Waals surface area contributed by atoms with E-state index in [2.05, 4.69) is 104 Å². The van der Waals surface area contributed by atoms with E-state index in [0.29, 0.717) is 45.5 Å². The van der Waals surface area contributed by atoms with Crippen LogP contribution >= 0.6 is 11.3 Å². The molecule has 2 aliphatic heterocycles. The summed E-state index contributed by atoms with van der Waals surface area (Å²) in [6, 6.07) is 5.43.